The lowest BCUT2D eigenvalue weighted by Crippen LogP contribution is -2.29. The van der Waals surface area contributed by atoms with E-state index >= 15 is 0 Å². The maximum atomic E-state index is 11.6. The van der Waals surface area contributed by atoms with Crippen molar-refractivity contribution in [2.75, 3.05) is 6.54 Å². The minimum Gasteiger partial charge on any atom is -0.356 e. The fraction of sp³-hybridized carbons (Fsp3) is 0.600. The maximum absolute atomic E-state index is 11.6. The molecule has 0 aliphatic carbocycles. The number of rotatable bonds is 2. The smallest absolute Gasteiger partial charge is 0.223 e. The van der Waals surface area contributed by atoms with Crippen LogP contribution in [0.4, 0.5) is 0 Å². The molecular weight excluding hydrogens is 196 g/mol. The van der Waals surface area contributed by atoms with Crippen LogP contribution in [0.3, 0.4) is 0 Å². The molecule has 1 N–H and O–H groups in total. The van der Waals surface area contributed by atoms with Crippen molar-refractivity contribution >= 4 is 17.2 Å². The topological polar surface area (TPSA) is 42.0 Å². The predicted octanol–water partition coefficient (Wildman–Crippen LogP) is 1.60. The van der Waals surface area contributed by atoms with Gasteiger partial charge in [-0.15, -0.1) is 11.3 Å². The van der Waals surface area contributed by atoms with Gasteiger partial charge in [-0.25, -0.2) is 0 Å². The fourth-order valence-electron chi connectivity index (χ4n) is 1.78. The predicted molar refractivity (Wildman–Crippen MR) is 56.2 cm³/mol. The molecule has 1 unspecified atom stereocenters. The minimum atomic E-state index is 0.165. The molecule has 2 heterocycles. The molecule has 1 aliphatic heterocycles. The van der Waals surface area contributed by atoms with Crippen LogP contribution in [0.25, 0.3) is 0 Å². The van der Waals surface area contributed by atoms with E-state index in [4.69, 9.17) is 0 Å². The van der Waals surface area contributed by atoms with Crippen LogP contribution >= 0.6 is 11.3 Å². The second kappa shape index (κ2) is 4.55. The first-order valence-corrected chi connectivity index (χ1v) is 5.89. The number of carbonyl (C=O) groups excluding carboxylic acids is 1. The van der Waals surface area contributed by atoms with Crippen LogP contribution in [0, 0.1) is 5.92 Å². The van der Waals surface area contributed by atoms with E-state index in [0.29, 0.717) is 0 Å². The van der Waals surface area contributed by atoms with E-state index in [-0.39, 0.29) is 11.8 Å². The molecule has 1 saturated heterocycles. The summed E-state index contributed by atoms with van der Waals surface area (Å²) in [6, 6.07) is 0. The monoisotopic (exact) mass is 210 g/mol. The molecule has 1 aromatic rings. The van der Waals surface area contributed by atoms with Gasteiger partial charge in [0.15, 0.2) is 0 Å². The Bertz CT molecular complexity index is 297. The first kappa shape index (κ1) is 9.65. The molecule has 0 aromatic carbocycles. The number of carbonyl (C=O) groups is 1. The molecule has 1 aliphatic rings. The van der Waals surface area contributed by atoms with Gasteiger partial charge >= 0.3 is 0 Å². The molecule has 0 spiro atoms. The number of nitrogens with zero attached hydrogens (tertiary/aromatic N) is 1. The van der Waals surface area contributed by atoms with E-state index in [2.05, 4.69) is 10.3 Å². The number of thiazole rings is 1. The molecule has 0 radical (unpaired) electrons. The van der Waals surface area contributed by atoms with Crippen LogP contribution < -0.4 is 5.32 Å². The summed E-state index contributed by atoms with van der Waals surface area (Å²) in [4.78, 5) is 16.9. The number of hydrogen-bond acceptors (Lipinski definition) is 3. The van der Waals surface area contributed by atoms with Gasteiger partial charge in [-0.2, -0.15) is 0 Å². The fourth-order valence-corrected chi connectivity index (χ4v) is 2.46. The Kier molecular flexibility index (Phi) is 3.14. The van der Waals surface area contributed by atoms with Crippen molar-refractivity contribution in [3.63, 3.8) is 0 Å². The summed E-state index contributed by atoms with van der Waals surface area (Å²) < 4.78 is 0. The van der Waals surface area contributed by atoms with Crippen LogP contribution in [0.15, 0.2) is 11.7 Å². The Morgan fingerprint density at radius 2 is 2.50 bits per heavy atom. The number of amides is 1. The molecule has 1 aromatic heterocycles. The van der Waals surface area contributed by atoms with Crippen molar-refractivity contribution in [3.05, 3.63) is 16.6 Å². The standard InChI is InChI=1S/C10H14N2OS/c13-10-8(3-1-2-4-12-10)5-9-6-11-7-14-9/h6-8H,1-5H2,(H,12,13). The number of nitrogens with one attached hydrogen (secondary N) is 1. The average molecular weight is 210 g/mol. The number of hydrogen-bond donors (Lipinski definition) is 1. The second-order valence-electron chi connectivity index (χ2n) is 3.66. The van der Waals surface area contributed by atoms with E-state index in [1.807, 2.05) is 11.7 Å². The van der Waals surface area contributed by atoms with Gasteiger partial charge in [0.1, 0.15) is 0 Å². The highest BCUT2D eigenvalue weighted by molar-refractivity contribution is 7.09. The van der Waals surface area contributed by atoms with E-state index in [1.165, 1.54) is 4.88 Å². The Hall–Kier alpha value is -0.900. The van der Waals surface area contributed by atoms with Crippen molar-refractivity contribution < 1.29 is 4.79 Å². The van der Waals surface area contributed by atoms with Gasteiger partial charge < -0.3 is 5.32 Å². The minimum absolute atomic E-state index is 0.165. The van der Waals surface area contributed by atoms with Crippen LogP contribution in [0.1, 0.15) is 24.1 Å². The third-order valence-corrected chi connectivity index (χ3v) is 3.38. The van der Waals surface area contributed by atoms with Gasteiger partial charge in [-0.3, -0.25) is 9.78 Å². The summed E-state index contributed by atoms with van der Waals surface area (Å²) >= 11 is 1.63. The highest BCUT2D eigenvalue weighted by Crippen LogP contribution is 2.19. The highest BCUT2D eigenvalue weighted by atomic mass is 32.1. The quantitative estimate of drug-likeness (QED) is 0.805. The van der Waals surface area contributed by atoms with Gasteiger partial charge in [-0.05, 0) is 19.3 Å². The van der Waals surface area contributed by atoms with Gasteiger partial charge in [-0.1, -0.05) is 6.42 Å². The SMILES string of the molecule is O=C1NCCCCC1Cc1cncs1. The molecule has 1 fully saturated rings. The molecule has 76 valence electrons. The van der Waals surface area contributed by atoms with E-state index in [1.54, 1.807) is 11.3 Å². The molecule has 4 heteroatoms. The molecule has 3 nitrogen and oxygen atoms in total. The highest BCUT2D eigenvalue weighted by Gasteiger charge is 2.21. The van der Waals surface area contributed by atoms with Crippen molar-refractivity contribution in [1.82, 2.24) is 10.3 Å². The van der Waals surface area contributed by atoms with Crippen LogP contribution in [-0.2, 0) is 11.2 Å². The van der Waals surface area contributed by atoms with Crippen molar-refractivity contribution in [3.8, 4) is 0 Å². The van der Waals surface area contributed by atoms with Crippen LogP contribution in [0.2, 0.25) is 0 Å². The first-order valence-electron chi connectivity index (χ1n) is 5.01. The van der Waals surface area contributed by atoms with Crippen molar-refractivity contribution in [2.24, 2.45) is 5.92 Å². The lowest BCUT2D eigenvalue weighted by molar-refractivity contribution is -0.124. The van der Waals surface area contributed by atoms with Gasteiger partial charge in [0.25, 0.3) is 0 Å². The van der Waals surface area contributed by atoms with Gasteiger partial charge in [0.05, 0.1) is 5.51 Å². The molecule has 0 bridgehead atoms. The molecule has 0 saturated carbocycles. The summed E-state index contributed by atoms with van der Waals surface area (Å²) in [5, 5.41) is 2.95. The Labute approximate surface area is 87.6 Å². The van der Waals surface area contributed by atoms with Crippen molar-refractivity contribution in [1.29, 1.82) is 0 Å². The van der Waals surface area contributed by atoms with Gasteiger partial charge in [0.2, 0.25) is 5.91 Å². The van der Waals surface area contributed by atoms with Crippen molar-refractivity contribution in [2.45, 2.75) is 25.7 Å². The summed E-state index contributed by atoms with van der Waals surface area (Å²) in [7, 11) is 0. The Morgan fingerprint density at radius 1 is 1.57 bits per heavy atom. The third-order valence-electron chi connectivity index (χ3n) is 2.58. The zero-order valence-electron chi connectivity index (χ0n) is 8.03. The lowest BCUT2D eigenvalue weighted by atomic mass is 9.98. The first-order chi connectivity index (χ1) is 6.86. The normalized spacial score (nSPS) is 22.9. The molecule has 1 amide bonds. The van der Waals surface area contributed by atoms with Crippen LogP contribution in [0.5, 0.6) is 0 Å². The van der Waals surface area contributed by atoms with E-state index < -0.39 is 0 Å². The van der Waals surface area contributed by atoms with E-state index in [0.717, 1.165) is 32.2 Å². The lowest BCUT2D eigenvalue weighted by Gasteiger charge is -2.10. The zero-order chi connectivity index (χ0) is 9.80. The third kappa shape index (κ3) is 2.32. The Balaban J connectivity index is 1.98. The van der Waals surface area contributed by atoms with Crippen LogP contribution in [-0.4, -0.2) is 17.4 Å². The zero-order valence-corrected chi connectivity index (χ0v) is 8.85. The molecule has 14 heavy (non-hydrogen) atoms. The average Bonchev–Trinajstić information content (AvgIpc) is 2.60. The van der Waals surface area contributed by atoms with E-state index in [9.17, 15) is 4.79 Å². The summed E-state index contributed by atoms with van der Waals surface area (Å²) in [5.74, 6) is 0.383. The number of aromatic nitrogens is 1. The second-order valence-corrected chi connectivity index (χ2v) is 4.63. The molecule has 2 rings (SSSR count). The summed E-state index contributed by atoms with van der Waals surface area (Å²) in [5.41, 5.74) is 1.82. The Morgan fingerprint density at radius 3 is 3.29 bits per heavy atom. The van der Waals surface area contributed by atoms with Gasteiger partial charge in [0, 0.05) is 23.5 Å². The maximum Gasteiger partial charge on any atom is 0.223 e. The molecular formula is C10H14N2OS. The summed E-state index contributed by atoms with van der Waals surface area (Å²) in [6.07, 6.45) is 6.01. The summed E-state index contributed by atoms with van der Waals surface area (Å²) in [6.45, 7) is 0.845. The largest absolute Gasteiger partial charge is 0.356 e. The molecule has 1 atom stereocenters.